The highest BCUT2D eigenvalue weighted by molar-refractivity contribution is 5.78. The first-order chi connectivity index (χ1) is 5.58. The molecular weight excluding hydrogens is 92.1 g/mol. The molecule has 1 aliphatic rings. The van der Waals surface area contributed by atoms with E-state index in [4.69, 9.17) is 8.22 Å². The van der Waals surface area contributed by atoms with Gasteiger partial charge in [0.1, 0.15) is 0 Å². The van der Waals surface area contributed by atoms with Crippen LogP contribution in [0.5, 0.6) is 0 Å². The summed E-state index contributed by atoms with van der Waals surface area (Å²) in [7, 11) is 0. The Morgan fingerprint density at radius 3 is 3.29 bits per heavy atom. The third-order valence-corrected chi connectivity index (χ3v) is 0.477. The minimum Gasteiger partial charge on any atom is -0.354 e. The van der Waals surface area contributed by atoms with Crippen LogP contribution in [0, 0.1) is 0 Å². The lowest BCUT2D eigenvalue weighted by Gasteiger charge is -2.11. The van der Waals surface area contributed by atoms with Gasteiger partial charge in [0, 0.05) is 15.7 Å². The van der Waals surface area contributed by atoms with E-state index in [9.17, 15) is 4.79 Å². The van der Waals surface area contributed by atoms with Crippen LogP contribution in [-0.4, -0.2) is 25.4 Å². The quantitative estimate of drug-likeness (QED) is 0.403. The summed E-state index contributed by atoms with van der Waals surface area (Å²) in [5, 5.41) is 3.27. The van der Waals surface area contributed by atoms with E-state index in [0.29, 0.717) is 0 Å². The molecule has 3 heteroatoms. The summed E-state index contributed by atoms with van der Waals surface area (Å²) in [6.45, 7) is -7.84. The fourth-order valence-corrected chi connectivity index (χ4v) is 0.239. The average Bonchev–Trinajstić information content (AvgIpc) is 1.80. The van der Waals surface area contributed by atoms with Crippen molar-refractivity contribution >= 4 is 5.91 Å². The van der Waals surface area contributed by atoms with E-state index in [1.54, 1.807) is 10.6 Å². The summed E-state index contributed by atoms with van der Waals surface area (Å²) in [6.07, 6.45) is 0. The van der Waals surface area contributed by atoms with Crippen molar-refractivity contribution in [3.05, 3.63) is 0 Å². The maximum atomic E-state index is 10.9. The predicted molar refractivity (Wildman–Crippen MR) is 25.9 cm³/mol. The molecule has 40 valence electrons. The smallest absolute Gasteiger partial charge is 0.234 e. The Kier molecular flexibility index (Phi) is 0.338. The van der Waals surface area contributed by atoms with Crippen molar-refractivity contribution in [1.29, 1.82) is 0 Å². The van der Waals surface area contributed by atoms with E-state index >= 15 is 0 Å². The van der Waals surface area contributed by atoms with Crippen LogP contribution < -0.4 is 10.6 Å². The number of carbonyl (C=O) groups is 1. The van der Waals surface area contributed by atoms with Crippen LogP contribution in [-0.2, 0) is 4.79 Å². The number of hydrogen-bond acceptors (Lipinski definition) is 2. The van der Waals surface area contributed by atoms with Crippen molar-refractivity contribution in [1.82, 2.24) is 10.6 Å². The molecule has 0 saturated carbocycles. The normalized spacial score (nSPS) is 55.7. The molecule has 0 aromatic rings. The molecule has 1 heterocycles. The molecule has 0 unspecified atom stereocenters. The molecule has 1 rings (SSSR count). The number of piperazine rings is 1. The van der Waals surface area contributed by atoms with Gasteiger partial charge in [-0.25, -0.2) is 0 Å². The van der Waals surface area contributed by atoms with Gasteiger partial charge in [0.15, 0.2) is 0 Å². The van der Waals surface area contributed by atoms with Crippen LogP contribution in [0.1, 0.15) is 8.22 Å². The molecule has 1 aliphatic heterocycles. The fraction of sp³-hybridized carbons (Fsp3) is 0.750. The van der Waals surface area contributed by atoms with Crippen LogP contribution >= 0.6 is 0 Å². The SMILES string of the molecule is [2H]C1([2H])NC([2H])([2H])C([2H])([2H])NC1=O. The second-order valence-electron chi connectivity index (χ2n) is 0.954. The van der Waals surface area contributed by atoms with E-state index in [1.807, 2.05) is 0 Å². The second-order valence-corrected chi connectivity index (χ2v) is 0.954. The van der Waals surface area contributed by atoms with Gasteiger partial charge < -0.3 is 10.6 Å². The van der Waals surface area contributed by atoms with Crippen LogP contribution in [0.2, 0.25) is 0 Å². The number of rotatable bonds is 0. The molecule has 1 fully saturated rings. The van der Waals surface area contributed by atoms with Gasteiger partial charge in [-0.15, -0.1) is 0 Å². The minimum absolute atomic E-state index is 1.22. The highest BCUT2D eigenvalue weighted by Gasteiger charge is 2.02. The molecule has 0 spiro atoms. The molecule has 1 amide bonds. The Balaban J connectivity index is 3.00. The predicted octanol–water partition coefficient (Wildman–Crippen LogP) is -1.29. The van der Waals surface area contributed by atoms with E-state index in [0.717, 1.165) is 0 Å². The molecular formula is C4H8N2O. The van der Waals surface area contributed by atoms with Gasteiger partial charge in [-0.2, -0.15) is 0 Å². The third kappa shape index (κ3) is 1.16. The van der Waals surface area contributed by atoms with E-state index in [2.05, 4.69) is 0 Å². The molecule has 1 saturated heterocycles. The monoisotopic (exact) mass is 106 g/mol. The van der Waals surface area contributed by atoms with Crippen LogP contribution in [0.4, 0.5) is 0 Å². The number of hydrogen-bond donors (Lipinski definition) is 2. The summed E-state index contributed by atoms with van der Waals surface area (Å²) in [6, 6.07) is 0. The first kappa shape index (κ1) is 1.23. The molecule has 0 bridgehead atoms. The number of nitrogens with one attached hydrogen (secondary N) is 2. The van der Waals surface area contributed by atoms with Crippen LogP contribution in [0.3, 0.4) is 0 Å². The zero-order valence-electron chi connectivity index (χ0n) is 9.41. The summed E-state index contributed by atoms with van der Waals surface area (Å²) < 4.78 is 42.3. The maximum Gasteiger partial charge on any atom is 0.234 e. The van der Waals surface area contributed by atoms with Gasteiger partial charge in [-0.3, -0.25) is 4.79 Å². The second kappa shape index (κ2) is 1.93. The van der Waals surface area contributed by atoms with Gasteiger partial charge in [0.2, 0.25) is 5.91 Å². The lowest BCUT2D eigenvalue weighted by atomic mass is 10.4. The lowest BCUT2D eigenvalue weighted by molar-refractivity contribution is -0.121. The third-order valence-electron chi connectivity index (χ3n) is 0.477. The topological polar surface area (TPSA) is 41.1 Å². The van der Waals surface area contributed by atoms with Gasteiger partial charge >= 0.3 is 0 Å². The number of carbonyl (C=O) groups excluding carboxylic acids is 1. The Hall–Kier alpha value is -0.570. The lowest BCUT2D eigenvalue weighted by Crippen LogP contribution is -2.44. The van der Waals surface area contributed by atoms with Gasteiger partial charge in [-0.1, -0.05) is 0 Å². The van der Waals surface area contributed by atoms with Crippen molar-refractivity contribution < 1.29 is 13.0 Å². The summed E-state index contributed by atoms with van der Waals surface area (Å²) in [5.74, 6) is -1.22. The van der Waals surface area contributed by atoms with Crippen LogP contribution in [0.25, 0.3) is 0 Å². The van der Waals surface area contributed by atoms with Crippen molar-refractivity contribution in [2.24, 2.45) is 0 Å². The summed E-state index contributed by atoms with van der Waals surface area (Å²) in [4.78, 5) is 10.9. The molecule has 7 heavy (non-hydrogen) atoms. The van der Waals surface area contributed by atoms with Crippen molar-refractivity contribution in [3.8, 4) is 0 Å². The molecule has 0 aromatic heterocycles. The largest absolute Gasteiger partial charge is 0.354 e. The van der Waals surface area contributed by atoms with Crippen molar-refractivity contribution in [2.45, 2.75) is 0 Å². The zero-order chi connectivity index (χ0) is 10.5. The highest BCUT2D eigenvalue weighted by Crippen LogP contribution is 1.69. The highest BCUT2D eigenvalue weighted by atomic mass is 16.2. The first-order valence-corrected chi connectivity index (χ1v) is 1.70. The fourth-order valence-electron chi connectivity index (χ4n) is 0.239. The van der Waals surface area contributed by atoms with Gasteiger partial charge in [-0.05, 0) is 0 Å². The standard InChI is InChI=1S/C4H8N2O/c7-4-3-5-1-2-6-4/h5H,1-3H2,(H,6,7)/i1D2,2D2,3D2. The first-order valence-electron chi connectivity index (χ1n) is 4.70. The van der Waals surface area contributed by atoms with Crippen molar-refractivity contribution in [3.63, 3.8) is 0 Å². The molecule has 3 nitrogen and oxygen atoms in total. The maximum absolute atomic E-state index is 10.9. The average molecular weight is 106 g/mol. The Morgan fingerprint density at radius 2 is 2.57 bits per heavy atom. The molecule has 0 aliphatic carbocycles. The Bertz CT molecular complexity index is 251. The zero-order valence-corrected chi connectivity index (χ0v) is 3.41. The van der Waals surface area contributed by atoms with Gasteiger partial charge in [0.05, 0.1) is 12.0 Å². The molecule has 0 radical (unpaired) electrons. The molecule has 0 aromatic carbocycles. The van der Waals surface area contributed by atoms with E-state index in [-0.39, 0.29) is 0 Å². The van der Waals surface area contributed by atoms with E-state index in [1.165, 1.54) is 0 Å². The Labute approximate surface area is 50.5 Å². The van der Waals surface area contributed by atoms with Crippen molar-refractivity contribution in [2.75, 3.05) is 19.5 Å². The van der Waals surface area contributed by atoms with Gasteiger partial charge in [0.25, 0.3) is 0 Å². The number of amides is 1. The molecule has 0 atom stereocenters. The summed E-state index contributed by atoms with van der Waals surface area (Å²) in [5.41, 5.74) is 0. The van der Waals surface area contributed by atoms with E-state index < -0.39 is 25.4 Å². The minimum atomic E-state index is -2.63. The van der Waals surface area contributed by atoms with Crippen LogP contribution in [0.15, 0.2) is 0 Å². The molecule has 2 N–H and O–H groups in total. The summed E-state index contributed by atoms with van der Waals surface area (Å²) >= 11 is 0. The Morgan fingerprint density at radius 1 is 1.71 bits per heavy atom.